The van der Waals surface area contributed by atoms with Gasteiger partial charge in [0.15, 0.2) is 4.34 Å². The molecular weight excluding hydrogens is 376 g/mol. The van der Waals surface area contributed by atoms with Crippen LogP contribution in [0.4, 0.5) is 10.8 Å². The molecule has 0 fully saturated rings. The van der Waals surface area contributed by atoms with E-state index < -0.39 is 5.25 Å². The normalized spacial score (nSPS) is 11.8. The van der Waals surface area contributed by atoms with Crippen LogP contribution in [0.3, 0.4) is 0 Å². The number of thioether (sulfide) groups is 1. The first-order valence-corrected chi connectivity index (χ1v) is 10.4. The van der Waals surface area contributed by atoms with E-state index in [-0.39, 0.29) is 5.91 Å². The molecule has 1 amide bonds. The number of aromatic nitrogens is 2. The third-order valence-corrected chi connectivity index (χ3v) is 6.16. The maximum atomic E-state index is 13.1. The first kappa shape index (κ1) is 19.4. The van der Waals surface area contributed by atoms with E-state index in [0.29, 0.717) is 0 Å². The number of aryl methyl sites for hydroxylation is 2. The smallest absolute Gasteiger partial charge is 0.242 e. The molecule has 0 aliphatic rings. The zero-order valence-corrected chi connectivity index (χ0v) is 17.2. The van der Waals surface area contributed by atoms with Crippen LogP contribution in [0.2, 0.25) is 0 Å². The topological polar surface area (TPSA) is 66.9 Å². The molecule has 1 atom stereocenters. The van der Waals surface area contributed by atoms with Gasteiger partial charge in [-0.2, -0.15) is 0 Å². The number of nitrogens with one attached hydrogen (secondary N) is 2. The van der Waals surface area contributed by atoms with Crippen molar-refractivity contribution in [3.63, 3.8) is 0 Å². The number of carbonyl (C=O) groups is 1. The van der Waals surface area contributed by atoms with E-state index in [2.05, 4.69) is 20.8 Å². The lowest BCUT2D eigenvalue weighted by molar-refractivity contribution is -0.115. The average molecular weight is 399 g/mol. The molecule has 140 valence electrons. The van der Waals surface area contributed by atoms with Gasteiger partial charge in [0, 0.05) is 12.2 Å². The zero-order chi connectivity index (χ0) is 19.2. The predicted molar refractivity (Wildman–Crippen MR) is 114 cm³/mol. The van der Waals surface area contributed by atoms with Gasteiger partial charge in [-0.3, -0.25) is 4.79 Å². The molecule has 1 aromatic heterocycles. The molecule has 0 saturated carbocycles. The van der Waals surface area contributed by atoms with Gasteiger partial charge in [0.2, 0.25) is 11.0 Å². The third-order valence-electron chi connectivity index (χ3n) is 3.94. The molecule has 0 radical (unpaired) electrons. The Kier molecular flexibility index (Phi) is 6.47. The van der Waals surface area contributed by atoms with Crippen LogP contribution in [0, 0.1) is 13.8 Å². The summed E-state index contributed by atoms with van der Waals surface area (Å²) in [7, 11) is 0. The van der Waals surface area contributed by atoms with E-state index >= 15 is 0 Å². The first-order chi connectivity index (χ1) is 13.1. The van der Waals surface area contributed by atoms with Crippen LogP contribution >= 0.6 is 23.1 Å². The first-order valence-electron chi connectivity index (χ1n) is 8.74. The van der Waals surface area contributed by atoms with E-state index in [1.165, 1.54) is 23.1 Å². The molecule has 3 aromatic rings. The molecule has 3 rings (SSSR count). The lowest BCUT2D eigenvalue weighted by Gasteiger charge is -2.17. The van der Waals surface area contributed by atoms with Crippen LogP contribution in [0.5, 0.6) is 0 Å². The number of nitrogens with zero attached hydrogens (tertiary/aromatic N) is 2. The number of benzene rings is 2. The Bertz CT molecular complexity index is 911. The predicted octanol–water partition coefficient (Wildman–Crippen LogP) is 5.06. The summed E-state index contributed by atoms with van der Waals surface area (Å²) in [4.78, 5) is 13.1. The molecule has 0 aliphatic heterocycles. The summed E-state index contributed by atoms with van der Waals surface area (Å²) in [5.41, 5.74) is 3.92. The van der Waals surface area contributed by atoms with Crippen LogP contribution in [0.1, 0.15) is 28.9 Å². The number of hydrogen-bond donors (Lipinski definition) is 2. The Balaban J connectivity index is 1.85. The highest BCUT2D eigenvalue weighted by Crippen LogP contribution is 2.38. The lowest BCUT2D eigenvalue weighted by atomic mass is 10.1. The zero-order valence-electron chi connectivity index (χ0n) is 15.5. The van der Waals surface area contributed by atoms with E-state index in [1.54, 1.807) is 0 Å². The Morgan fingerprint density at radius 1 is 1.15 bits per heavy atom. The number of amides is 1. The monoisotopic (exact) mass is 398 g/mol. The molecule has 2 N–H and O–H groups in total. The van der Waals surface area contributed by atoms with Gasteiger partial charge in [-0.15, -0.1) is 10.2 Å². The SMILES string of the molecule is CCNc1nnc(SC(C(=O)Nc2cc(C)ccc2C)c2ccccc2)s1. The van der Waals surface area contributed by atoms with Gasteiger partial charge in [0.05, 0.1) is 0 Å². The molecule has 0 bridgehead atoms. The maximum Gasteiger partial charge on any atom is 0.242 e. The quantitative estimate of drug-likeness (QED) is 0.545. The third kappa shape index (κ3) is 5.08. The second-order valence-corrected chi connectivity index (χ2v) is 8.45. The minimum Gasteiger partial charge on any atom is -0.360 e. The van der Waals surface area contributed by atoms with E-state index in [1.807, 2.05) is 69.3 Å². The highest BCUT2D eigenvalue weighted by Gasteiger charge is 2.24. The van der Waals surface area contributed by atoms with Crippen LogP contribution in [-0.2, 0) is 4.79 Å². The Hall–Kier alpha value is -2.38. The summed E-state index contributed by atoms with van der Waals surface area (Å²) in [6.45, 7) is 6.81. The maximum absolute atomic E-state index is 13.1. The van der Waals surface area contributed by atoms with Gasteiger partial charge in [0.25, 0.3) is 0 Å². The van der Waals surface area contributed by atoms with Crippen molar-refractivity contribution < 1.29 is 4.79 Å². The number of rotatable bonds is 7. The van der Waals surface area contributed by atoms with Gasteiger partial charge in [0.1, 0.15) is 5.25 Å². The second-order valence-electron chi connectivity index (χ2n) is 6.12. The van der Waals surface area contributed by atoms with E-state index in [0.717, 1.165) is 38.4 Å². The van der Waals surface area contributed by atoms with Crippen LogP contribution < -0.4 is 10.6 Å². The van der Waals surface area contributed by atoms with Gasteiger partial charge in [-0.05, 0) is 43.5 Å². The minimum atomic E-state index is -0.409. The molecule has 0 spiro atoms. The van der Waals surface area contributed by atoms with Gasteiger partial charge in [-0.1, -0.05) is 65.6 Å². The van der Waals surface area contributed by atoms with Crippen molar-refractivity contribution in [2.45, 2.75) is 30.4 Å². The Morgan fingerprint density at radius 3 is 2.67 bits per heavy atom. The molecule has 5 nitrogen and oxygen atoms in total. The Morgan fingerprint density at radius 2 is 1.93 bits per heavy atom. The molecule has 2 aromatic carbocycles. The van der Waals surface area contributed by atoms with Crippen molar-refractivity contribution in [1.82, 2.24) is 10.2 Å². The highest BCUT2D eigenvalue weighted by molar-refractivity contribution is 8.02. The van der Waals surface area contributed by atoms with Crippen molar-refractivity contribution in [2.75, 3.05) is 17.2 Å². The highest BCUT2D eigenvalue weighted by atomic mass is 32.2. The summed E-state index contributed by atoms with van der Waals surface area (Å²) < 4.78 is 0.760. The fourth-order valence-corrected chi connectivity index (χ4v) is 4.56. The molecule has 0 saturated heterocycles. The molecular formula is C20H22N4OS2. The number of carbonyl (C=O) groups excluding carboxylic acids is 1. The second kappa shape index (κ2) is 9.01. The number of hydrogen-bond acceptors (Lipinski definition) is 6. The van der Waals surface area contributed by atoms with Crippen molar-refractivity contribution >= 4 is 39.8 Å². The minimum absolute atomic E-state index is 0.0694. The van der Waals surface area contributed by atoms with Crippen LogP contribution in [-0.4, -0.2) is 22.6 Å². The number of anilines is 2. The molecule has 7 heteroatoms. The lowest BCUT2D eigenvalue weighted by Crippen LogP contribution is -2.19. The van der Waals surface area contributed by atoms with Gasteiger partial charge < -0.3 is 10.6 Å². The van der Waals surface area contributed by atoms with Crippen molar-refractivity contribution in [3.8, 4) is 0 Å². The summed E-state index contributed by atoms with van der Waals surface area (Å²) in [6.07, 6.45) is 0. The fourth-order valence-electron chi connectivity index (χ4n) is 2.55. The summed E-state index contributed by atoms with van der Waals surface area (Å²) in [5, 5.41) is 14.9. The van der Waals surface area contributed by atoms with E-state index in [9.17, 15) is 4.79 Å². The summed E-state index contributed by atoms with van der Waals surface area (Å²) in [5.74, 6) is -0.0694. The van der Waals surface area contributed by atoms with Crippen LogP contribution in [0.25, 0.3) is 0 Å². The average Bonchev–Trinajstić information content (AvgIpc) is 3.11. The molecule has 0 aliphatic carbocycles. The van der Waals surface area contributed by atoms with Crippen LogP contribution in [0.15, 0.2) is 52.9 Å². The largest absolute Gasteiger partial charge is 0.360 e. The molecule has 1 heterocycles. The molecule has 27 heavy (non-hydrogen) atoms. The standard InChI is InChI=1S/C20H22N4OS2/c1-4-21-19-23-24-20(27-19)26-17(15-8-6-5-7-9-15)18(25)22-16-12-13(2)10-11-14(16)3/h5-12,17H,4H2,1-3H3,(H,21,23)(H,22,25). The van der Waals surface area contributed by atoms with Gasteiger partial charge >= 0.3 is 0 Å². The summed E-state index contributed by atoms with van der Waals surface area (Å²) in [6, 6.07) is 15.8. The van der Waals surface area contributed by atoms with Crippen molar-refractivity contribution in [2.24, 2.45) is 0 Å². The van der Waals surface area contributed by atoms with Gasteiger partial charge in [-0.25, -0.2) is 0 Å². The molecule has 1 unspecified atom stereocenters. The van der Waals surface area contributed by atoms with E-state index in [4.69, 9.17) is 0 Å². The van der Waals surface area contributed by atoms with Crippen molar-refractivity contribution in [3.05, 3.63) is 65.2 Å². The summed E-state index contributed by atoms with van der Waals surface area (Å²) >= 11 is 2.88. The fraction of sp³-hybridized carbons (Fsp3) is 0.250. The van der Waals surface area contributed by atoms with Crippen molar-refractivity contribution in [1.29, 1.82) is 0 Å². The Labute approximate surface area is 167 Å².